The highest BCUT2D eigenvalue weighted by Crippen LogP contribution is 2.20. The Kier molecular flexibility index (Phi) is 6.93. The van der Waals surface area contributed by atoms with Crippen LogP contribution in [0.1, 0.15) is 31.2 Å². The standard InChI is InChI=1S/C16H20N2O4S/c1-3-21-15(19)5-4-10-23-16-18-17-14(22-16)11-12-6-8-13(20-2)9-7-12/h6-9H,3-5,10-11H2,1-2H3. The number of hydrogen-bond acceptors (Lipinski definition) is 7. The number of nitrogens with zero attached hydrogens (tertiary/aromatic N) is 2. The molecule has 0 radical (unpaired) electrons. The van der Waals surface area contributed by atoms with Gasteiger partial charge in [-0.05, 0) is 31.0 Å². The predicted octanol–water partition coefficient (Wildman–Crippen LogP) is 3.10. The zero-order chi connectivity index (χ0) is 16.5. The molecule has 6 nitrogen and oxygen atoms in total. The maximum absolute atomic E-state index is 11.2. The first-order chi connectivity index (χ1) is 11.2. The van der Waals surface area contributed by atoms with Crippen LogP contribution in [0.25, 0.3) is 0 Å². The average Bonchev–Trinajstić information content (AvgIpc) is 3.00. The zero-order valence-electron chi connectivity index (χ0n) is 13.3. The van der Waals surface area contributed by atoms with Crippen molar-refractivity contribution in [1.82, 2.24) is 10.2 Å². The van der Waals surface area contributed by atoms with Gasteiger partial charge in [0.1, 0.15) is 5.75 Å². The fraction of sp³-hybridized carbons (Fsp3) is 0.438. The molecule has 0 amide bonds. The summed E-state index contributed by atoms with van der Waals surface area (Å²) >= 11 is 1.45. The van der Waals surface area contributed by atoms with E-state index < -0.39 is 0 Å². The summed E-state index contributed by atoms with van der Waals surface area (Å²) in [5.41, 5.74) is 1.08. The third-order valence-corrected chi connectivity index (χ3v) is 3.92. The molecule has 2 rings (SSSR count). The molecule has 2 aromatic rings. The van der Waals surface area contributed by atoms with Gasteiger partial charge in [0.25, 0.3) is 5.22 Å². The second-order valence-corrected chi connectivity index (χ2v) is 5.79. The Balaban J connectivity index is 1.75. The summed E-state index contributed by atoms with van der Waals surface area (Å²) in [5.74, 6) is 1.96. The molecule has 124 valence electrons. The fourth-order valence-electron chi connectivity index (χ4n) is 1.90. The number of hydrogen-bond donors (Lipinski definition) is 0. The minimum absolute atomic E-state index is 0.168. The molecular formula is C16H20N2O4S. The molecule has 0 N–H and O–H groups in total. The summed E-state index contributed by atoms with van der Waals surface area (Å²) in [6, 6.07) is 7.73. The van der Waals surface area contributed by atoms with Crippen molar-refractivity contribution < 1.29 is 18.7 Å². The summed E-state index contributed by atoms with van der Waals surface area (Å²) in [6.45, 7) is 2.22. The number of methoxy groups -OCH3 is 1. The van der Waals surface area contributed by atoms with Gasteiger partial charge in [-0.25, -0.2) is 0 Å². The molecule has 1 aromatic heterocycles. The maximum Gasteiger partial charge on any atom is 0.305 e. The van der Waals surface area contributed by atoms with Crippen LogP contribution < -0.4 is 4.74 Å². The van der Waals surface area contributed by atoms with Crippen LogP contribution in [0.2, 0.25) is 0 Å². The lowest BCUT2D eigenvalue weighted by molar-refractivity contribution is -0.143. The largest absolute Gasteiger partial charge is 0.497 e. The topological polar surface area (TPSA) is 74.5 Å². The Morgan fingerprint density at radius 2 is 2.04 bits per heavy atom. The lowest BCUT2D eigenvalue weighted by atomic mass is 10.1. The van der Waals surface area contributed by atoms with E-state index in [9.17, 15) is 4.79 Å². The third-order valence-electron chi connectivity index (χ3n) is 3.02. The van der Waals surface area contributed by atoms with Gasteiger partial charge in [0.05, 0.1) is 20.1 Å². The van der Waals surface area contributed by atoms with Crippen molar-refractivity contribution >= 4 is 17.7 Å². The van der Waals surface area contributed by atoms with Crippen molar-refractivity contribution in [3.05, 3.63) is 35.7 Å². The van der Waals surface area contributed by atoms with Crippen molar-refractivity contribution in [3.8, 4) is 5.75 Å². The van der Waals surface area contributed by atoms with Crippen molar-refractivity contribution in [3.63, 3.8) is 0 Å². The molecule has 0 bridgehead atoms. The SMILES string of the molecule is CCOC(=O)CCCSc1nnc(Cc2ccc(OC)cc2)o1. The molecule has 0 spiro atoms. The first-order valence-electron chi connectivity index (χ1n) is 7.45. The smallest absolute Gasteiger partial charge is 0.305 e. The first kappa shape index (κ1) is 17.3. The quantitative estimate of drug-likeness (QED) is 0.396. The molecule has 0 aliphatic rings. The van der Waals surface area contributed by atoms with Gasteiger partial charge in [-0.1, -0.05) is 23.9 Å². The van der Waals surface area contributed by atoms with E-state index in [1.54, 1.807) is 14.0 Å². The molecular weight excluding hydrogens is 316 g/mol. The van der Waals surface area contributed by atoms with Gasteiger partial charge in [-0.2, -0.15) is 0 Å². The van der Waals surface area contributed by atoms with E-state index in [2.05, 4.69) is 10.2 Å². The Bertz CT molecular complexity index is 613. The van der Waals surface area contributed by atoms with E-state index in [0.717, 1.165) is 23.5 Å². The van der Waals surface area contributed by atoms with Crippen LogP contribution in [0, 0.1) is 0 Å². The van der Waals surface area contributed by atoms with Crippen LogP contribution >= 0.6 is 11.8 Å². The van der Waals surface area contributed by atoms with Crippen LogP contribution in [0.15, 0.2) is 33.9 Å². The number of esters is 1. The van der Waals surface area contributed by atoms with Gasteiger partial charge in [-0.15, -0.1) is 10.2 Å². The molecule has 0 unspecified atom stereocenters. The highest BCUT2D eigenvalue weighted by molar-refractivity contribution is 7.99. The third kappa shape index (κ3) is 5.94. The fourth-order valence-corrected chi connectivity index (χ4v) is 2.61. The number of benzene rings is 1. The molecule has 0 saturated carbocycles. The van der Waals surface area contributed by atoms with Gasteiger partial charge in [-0.3, -0.25) is 4.79 Å². The Hall–Kier alpha value is -2.02. The monoisotopic (exact) mass is 336 g/mol. The van der Waals surface area contributed by atoms with E-state index in [4.69, 9.17) is 13.9 Å². The number of thioether (sulfide) groups is 1. The molecule has 0 atom stereocenters. The van der Waals surface area contributed by atoms with Gasteiger partial charge >= 0.3 is 5.97 Å². The molecule has 0 saturated heterocycles. The minimum atomic E-state index is -0.168. The van der Waals surface area contributed by atoms with Crippen LogP contribution in [0.3, 0.4) is 0 Å². The first-order valence-corrected chi connectivity index (χ1v) is 8.43. The number of carbonyl (C=O) groups excluding carboxylic acids is 1. The van der Waals surface area contributed by atoms with Crippen LogP contribution in [-0.4, -0.2) is 35.6 Å². The highest BCUT2D eigenvalue weighted by atomic mass is 32.2. The van der Waals surface area contributed by atoms with Crippen molar-refractivity contribution in [2.24, 2.45) is 0 Å². The molecule has 0 fully saturated rings. The zero-order valence-corrected chi connectivity index (χ0v) is 14.1. The molecule has 0 aliphatic carbocycles. The second-order valence-electron chi connectivity index (χ2n) is 4.74. The van der Waals surface area contributed by atoms with Gasteiger partial charge in [0, 0.05) is 12.2 Å². The van der Waals surface area contributed by atoms with Crippen LogP contribution in [-0.2, 0) is 16.0 Å². The van der Waals surface area contributed by atoms with Crippen molar-refractivity contribution in [2.45, 2.75) is 31.4 Å². The molecule has 1 heterocycles. The molecule has 0 aliphatic heterocycles. The summed E-state index contributed by atoms with van der Waals surface area (Å²) < 4.78 is 15.6. The molecule has 7 heteroatoms. The van der Waals surface area contributed by atoms with Gasteiger partial charge < -0.3 is 13.9 Å². The van der Waals surface area contributed by atoms with Gasteiger partial charge in [0.2, 0.25) is 5.89 Å². The number of carbonyl (C=O) groups is 1. The Labute approximate surface area is 139 Å². The average molecular weight is 336 g/mol. The maximum atomic E-state index is 11.2. The van der Waals surface area contributed by atoms with Crippen molar-refractivity contribution in [1.29, 1.82) is 0 Å². The normalized spacial score (nSPS) is 10.5. The number of aromatic nitrogens is 2. The summed E-state index contributed by atoms with van der Waals surface area (Å²) in [4.78, 5) is 11.2. The van der Waals surface area contributed by atoms with Crippen LogP contribution in [0.5, 0.6) is 5.75 Å². The Morgan fingerprint density at radius 1 is 1.26 bits per heavy atom. The predicted molar refractivity (Wildman–Crippen MR) is 86.7 cm³/mol. The van der Waals surface area contributed by atoms with E-state index in [0.29, 0.717) is 30.6 Å². The van der Waals surface area contributed by atoms with Gasteiger partial charge in [0.15, 0.2) is 0 Å². The summed E-state index contributed by atoms with van der Waals surface area (Å²) in [6.07, 6.45) is 1.72. The second kappa shape index (κ2) is 9.19. The molecule has 23 heavy (non-hydrogen) atoms. The lowest BCUT2D eigenvalue weighted by Crippen LogP contribution is -2.03. The highest BCUT2D eigenvalue weighted by Gasteiger charge is 2.08. The minimum Gasteiger partial charge on any atom is -0.497 e. The van der Waals surface area contributed by atoms with Crippen LogP contribution in [0.4, 0.5) is 0 Å². The number of rotatable bonds is 9. The van der Waals surface area contributed by atoms with Crippen molar-refractivity contribution in [2.75, 3.05) is 19.5 Å². The summed E-state index contributed by atoms with van der Waals surface area (Å²) in [7, 11) is 1.64. The lowest BCUT2D eigenvalue weighted by Gasteiger charge is -2.01. The summed E-state index contributed by atoms with van der Waals surface area (Å²) in [5, 5.41) is 8.57. The molecule has 1 aromatic carbocycles. The van der Waals surface area contributed by atoms with E-state index in [-0.39, 0.29) is 5.97 Å². The van der Waals surface area contributed by atoms with E-state index >= 15 is 0 Å². The van der Waals surface area contributed by atoms with E-state index in [1.807, 2.05) is 24.3 Å². The number of ether oxygens (including phenoxy) is 2. The Morgan fingerprint density at radius 3 is 2.74 bits per heavy atom. The van der Waals surface area contributed by atoms with E-state index in [1.165, 1.54) is 11.8 Å².